The van der Waals surface area contributed by atoms with Gasteiger partial charge in [0.05, 0.1) is 6.10 Å². The van der Waals surface area contributed by atoms with E-state index in [2.05, 4.69) is 15.5 Å². The number of β-amino-alcohol motifs (C(OH)–C–C–N with tert-alkyl or cyclic N) is 1. The number of rotatable bonds is 3. The van der Waals surface area contributed by atoms with E-state index in [0.717, 1.165) is 19.6 Å². The van der Waals surface area contributed by atoms with Gasteiger partial charge in [-0.05, 0) is 0 Å². The number of hydrogen-bond donors (Lipinski definition) is 3. The number of carbonyl (C=O) groups is 1. The molecule has 0 aromatic heterocycles. The Morgan fingerprint density at radius 1 is 1.71 bits per heavy atom. The summed E-state index contributed by atoms with van der Waals surface area (Å²) in [5.74, 6) is 0.0525. The van der Waals surface area contributed by atoms with Crippen LogP contribution in [0.1, 0.15) is 6.42 Å². The Bertz CT molecular complexity index is 187. The standard InChI is InChI=1S/C9H19N3O2/c1-10-9(14)2-4-12-5-3-11-6-8(13)7-12/h8,11,13H,2-7H2,1H3,(H,10,14). The highest BCUT2D eigenvalue weighted by Gasteiger charge is 2.15. The molecule has 5 nitrogen and oxygen atoms in total. The first-order chi connectivity index (χ1) is 6.72. The Hall–Kier alpha value is -0.650. The molecule has 82 valence electrons. The molecule has 0 radical (unpaired) electrons. The van der Waals surface area contributed by atoms with Crippen LogP contribution in [-0.4, -0.2) is 61.8 Å². The van der Waals surface area contributed by atoms with Gasteiger partial charge in [-0.1, -0.05) is 0 Å². The predicted octanol–water partition coefficient (Wildman–Crippen LogP) is -1.61. The molecule has 0 bridgehead atoms. The fourth-order valence-corrected chi connectivity index (χ4v) is 1.55. The summed E-state index contributed by atoms with van der Waals surface area (Å²) in [4.78, 5) is 13.1. The van der Waals surface area contributed by atoms with Crippen molar-refractivity contribution in [2.24, 2.45) is 0 Å². The highest BCUT2D eigenvalue weighted by atomic mass is 16.3. The van der Waals surface area contributed by atoms with Gasteiger partial charge < -0.3 is 15.7 Å². The van der Waals surface area contributed by atoms with E-state index in [1.165, 1.54) is 0 Å². The average molecular weight is 201 g/mol. The second-order valence-electron chi connectivity index (χ2n) is 3.58. The van der Waals surface area contributed by atoms with Crippen LogP contribution in [0.2, 0.25) is 0 Å². The van der Waals surface area contributed by atoms with Gasteiger partial charge in [-0.15, -0.1) is 0 Å². The number of aliphatic hydroxyl groups excluding tert-OH is 1. The smallest absolute Gasteiger partial charge is 0.221 e. The van der Waals surface area contributed by atoms with Crippen molar-refractivity contribution in [3.8, 4) is 0 Å². The monoisotopic (exact) mass is 201 g/mol. The van der Waals surface area contributed by atoms with Gasteiger partial charge in [-0.2, -0.15) is 0 Å². The van der Waals surface area contributed by atoms with Crippen molar-refractivity contribution in [2.45, 2.75) is 12.5 Å². The van der Waals surface area contributed by atoms with Crippen molar-refractivity contribution in [3.05, 3.63) is 0 Å². The van der Waals surface area contributed by atoms with E-state index in [9.17, 15) is 9.90 Å². The van der Waals surface area contributed by atoms with Crippen LogP contribution in [0.5, 0.6) is 0 Å². The third kappa shape index (κ3) is 4.04. The fourth-order valence-electron chi connectivity index (χ4n) is 1.55. The van der Waals surface area contributed by atoms with Crippen molar-refractivity contribution in [1.29, 1.82) is 0 Å². The van der Waals surface area contributed by atoms with Crippen molar-refractivity contribution < 1.29 is 9.90 Å². The maximum atomic E-state index is 11.0. The molecule has 0 aromatic rings. The summed E-state index contributed by atoms with van der Waals surface area (Å²) in [5, 5.41) is 15.2. The van der Waals surface area contributed by atoms with Gasteiger partial charge in [0.25, 0.3) is 0 Å². The number of nitrogens with one attached hydrogen (secondary N) is 2. The summed E-state index contributed by atoms with van der Waals surface area (Å²) in [6.07, 6.45) is 0.186. The summed E-state index contributed by atoms with van der Waals surface area (Å²) in [5.41, 5.74) is 0. The Morgan fingerprint density at radius 2 is 2.50 bits per heavy atom. The predicted molar refractivity (Wildman–Crippen MR) is 54.0 cm³/mol. The number of nitrogens with zero attached hydrogens (tertiary/aromatic N) is 1. The van der Waals surface area contributed by atoms with Crippen LogP contribution in [0.4, 0.5) is 0 Å². The molecule has 1 fully saturated rings. The lowest BCUT2D eigenvalue weighted by atomic mass is 10.3. The van der Waals surface area contributed by atoms with Crippen LogP contribution < -0.4 is 10.6 Å². The van der Waals surface area contributed by atoms with Gasteiger partial charge >= 0.3 is 0 Å². The molecule has 1 aliphatic heterocycles. The van der Waals surface area contributed by atoms with Crippen molar-refractivity contribution in [3.63, 3.8) is 0 Å². The Morgan fingerprint density at radius 3 is 3.21 bits per heavy atom. The van der Waals surface area contributed by atoms with Crippen LogP contribution >= 0.6 is 0 Å². The summed E-state index contributed by atoms with van der Waals surface area (Å²) in [7, 11) is 1.64. The van der Waals surface area contributed by atoms with E-state index < -0.39 is 0 Å². The summed E-state index contributed by atoms with van der Waals surface area (Å²) >= 11 is 0. The maximum Gasteiger partial charge on any atom is 0.221 e. The topological polar surface area (TPSA) is 64.6 Å². The second kappa shape index (κ2) is 5.95. The van der Waals surface area contributed by atoms with Crippen molar-refractivity contribution >= 4 is 5.91 Å². The van der Waals surface area contributed by atoms with E-state index in [4.69, 9.17) is 0 Å². The van der Waals surface area contributed by atoms with E-state index in [-0.39, 0.29) is 12.0 Å². The molecular formula is C9H19N3O2. The second-order valence-corrected chi connectivity index (χ2v) is 3.58. The number of hydrogen-bond acceptors (Lipinski definition) is 4. The quantitative estimate of drug-likeness (QED) is 0.514. The Kier molecular flexibility index (Phi) is 4.86. The molecule has 5 heteroatoms. The van der Waals surface area contributed by atoms with Gasteiger partial charge in [-0.25, -0.2) is 0 Å². The molecule has 3 N–H and O–H groups in total. The molecule has 1 heterocycles. The molecule has 0 spiro atoms. The molecular weight excluding hydrogens is 182 g/mol. The number of aliphatic hydroxyl groups is 1. The first-order valence-corrected chi connectivity index (χ1v) is 5.04. The fraction of sp³-hybridized carbons (Fsp3) is 0.889. The lowest BCUT2D eigenvalue weighted by Crippen LogP contribution is -2.35. The minimum atomic E-state index is -0.317. The van der Waals surface area contributed by atoms with Gasteiger partial charge in [0.2, 0.25) is 5.91 Å². The van der Waals surface area contributed by atoms with Crippen LogP contribution in [0, 0.1) is 0 Å². The maximum absolute atomic E-state index is 11.0. The zero-order chi connectivity index (χ0) is 10.4. The van der Waals surface area contributed by atoms with Crippen LogP contribution in [0.25, 0.3) is 0 Å². The van der Waals surface area contributed by atoms with Gasteiger partial charge in [-0.3, -0.25) is 9.69 Å². The van der Waals surface area contributed by atoms with Crippen LogP contribution in [0.3, 0.4) is 0 Å². The molecule has 0 saturated carbocycles. The lowest BCUT2D eigenvalue weighted by molar-refractivity contribution is -0.121. The average Bonchev–Trinajstić information content (AvgIpc) is 2.39. The molecule has 1 aliphatic rings. The molecule has 1 rings (SSSR count). The summed E-state index contributed by atoms with van der Waals surface area (Å²) in [6.45, 7) is 3.80. The molecule has 14 heavy (non-hydrogen) atoms. The molecule has 0 aromatic carbocycles. The highest BCUT2D eigenvalue weighted by molar-refractivity contribution is 5.75. The van der Waals surface area contributed by atoms with Crippen molar-refractivity contribution in [1.82, 2.24) is 15.5 Å². The highest BCUT2D eigenvalue weighted by Crippen LogP contribution is 1.97. The molecule has 0 aliphatic carbocycles. The van der Waals surface area contributed by atoms with Crippen LogP contribution in [0.15, 0.2) is 0 Å². The third-order valence-electron chi connectivity index (χ3n) is 2.39. The van der Waals surface area contributed by atoms with Gasteiger partial charge in [0.15, 0.2) is 0 Å². The van der Waals surface area contributed by atoms with E-state index in [0.29, 0.717) is 19.5 Å². The first-order valence-electron chi connectivity index (χ1n) is 5.04. The third-order valence-corrected chi connectivity index (χ3v) is 2.39. The summed E-state index contributed by atoms with van der Waals surface area (Å²) in [6, 6.07) is 0. The minimum absolute atomic E-state index is 0.0525. The summed E-state index contributed by atoms with van der Waals surface area (Å²) < 4.78 is 0. The molecule has 1 saturated heterocycles. The van der Waals surface area contributed by atoms with Gasteiger partial charge in [0, 0.05) is 46.2 Å². The Balaban J connectivity index is 2.24. The number of carbonyl (C=O) groups excluding carboxylic acids is 1. The SMILES string of the molecule is CNC(=O)CCN1CCNCC(O)C1. The van der Waals surface area contributed by atoms with Crippen molar-refractivity contribution in [2.75, 3.05) is 39.8 Å². The molecule has 1 amide bonds. The van der Waals surface area contributed by atoms with E-state index in [1.807, 2.05) is 0 Å². The zero-order valence-corrected chi connectivity index (χ0v) is 8.62. The number of amides is 1. The van der Waals surface area contributed by atoms with E-state index in [1.54, 1.807) is 7.05 Å². The lowest BCUT2D eigenvalue weighted by Gasteiger charge is -2.20. The molecule has 1 atom stereocenters. The van der Waals surface area contributed by atoms with Crippen LogP contribution in [-0.2, 0) is 4.79 Å². The molecule has 1 unspecified atom stereocenters. The van der Waals surface area contributed by atoms with Gasteiger partial charge in [0.1, 0.15) is 0 Å². The zero-order valence-electron chi connectivity index (χ0n) is 8.62. The largest absolute Gasteiger partial charge is 0.390 e. The normalized spacial score (nSPS) is 24.3. The van der Waals surface area contributed by atoms with E-state index >= 15 is 0 Å². The Labute approximate surface area is 84.5 Å². The first kappa shape index (κ1) is 11.4. The minimum Gasteiger partial charge on any atom is -0.390 e.